The third kappa shape index (κ3) is 4.67. The van der Waals surface area contributed by atoms with Crippen molar-refractivity contribution in [3.05, 3.63) is 53.6 Å². The molecule has 0 spiro atoms. The predicted molar refractivity (Wildman–Crippen MR) is 87.9 cm³/mol. The zero-order valence-electron chi connectivity index (χ0n) is 13.1. The van der Waals surface area contributed by atoms with Gasteiger partial charge in [-0.2, -0.15) is 0 Å². The SMILES string of the molecule is COc1cccc(CCNCCc2ccc(OC)c(O)c2)c1. The number of phenolic OH excluding ortho intramolecular Hbond substituents is 1. The monoisotopic (exact) mass is 301 g/mol. The van der Waals surface area contributed by atoms with E-state index in [-0.39, 0.29) is 5.75 Å². The molecule has 2 aromatic rings. The standard InChI is InChI=1S/C18H23NO3/c1-21-16-5-3-4-14(12-16)8-10-19-11-9-15-6-7-18(22-2)17(20)13-15/h3-7,12-13,19-20H,8-11H2,1-2H3. The van der Waals surface area contributed by atoms with E-state index in [1.165, 1.54) is 5.56 Å². The fourth-order valence-electron chi connectivity index (χ4n) is 2.31. The van der Waals surface area contributed by atoms with Gasteiger partial charge in [-0.25, -0.2) is 0 Å². The first-order valence-electron chi connectivity index (χ1n) is 7.42. The topological polar surface area (TPSA) is 50.7 Å². The first-order chi connectivity index (χ1) is 10.7. The van der Waals surface area contributed by atoms with E-state index in [4.69, 9.17) is 9.47 Å². The Morgan fingerprint density at radius 1 is 0.909 bits per heavy atom. The highest BCUT2D eigenvalue weighted by Gasteiger charge is 2.02. The lowest BCUT2D eigenvalue weighted by molar-refractivity contribution is 0.373. The molecule has 0 heterocycles. The van der Waals surface area contributed by atoms with E-state index in [0.717, 1.165) is 37.2 Å². The van der Waals surface area contributed by atoms with Crippen molar-refractivity contribution in [2.75, 3.05) is 27.3 Å². The summed E-state index contributed by atoms with van der Waals surface area (Å²) in [6, 6.07) is 13.6. The molecule has 2 rings (SSSR count). The molecule has 2 N–H and O–H groups in total. The van der Waals surface area contributed by atoms with Crippen LogP contribution in [0.5, 0.6) is 17.2 Å². The minimum Gasteiger partial charge on any atom is -0.504 e. The molecule has 0 aliphatic heterocycles. The Bertz CT molecular complexity index is 599. The third-order valence-electron chi connectivity index (χ3n) is 3.56. The number of methoxy groups -OCH3 is 2. The minimum absolute atomic E-state index is 0.191. The highest BCUT2D eigenvalue weighted by atomic mass is 16.5. The molecular weight excluding hydrogens is 278 g/mol. The lowest BCUT2D eigenvalue weighted by atomic mass is 10.1. The molecule has 0 aliphatic rings. The maximum Gasteiger partial charge on any atom is 0.160 e. The van der Waals surface area contributed by atoms with Crippen LogP contribution in [0.1, 0.15) is 11.1 Å². The summed E-state index contributed by atoms with van der Waals surface area (Å²) in [5, 5.41) is 13.1. The molecule has 0 aliphatic carbocycles. The Balaban J connectivity index is 1.72. The maximum atomic E-state index is 9.73. The summed E-state index contributed by atoms with van der Waals surface area (Å²) in [5.41, 5.74) is 2.35. The molecule has 2 aromatic carbocycles. The lowest BCUT2D eigenvalue weighted by Gasteiger charge is -2.08. The summed E-state index contributed by atoms with van der Waals surface area (Å²) in [5.74, 6) is 1.59. The fraction of sp³-hybridized carbons (Fsp3) is 0.333. The van der Waals surface area contributed by atoms with E-state index in [1.54, 1.807) is 26.4 Å². The average molecular weight is 301 g/mol. The number of rotatable bonds is 8. The van der Waals surface area contributed by atoms with E-state index < -0.39 is 0 Å². The predicted octanol–water partition coefficient (Wildman–Crippen LogP) is 2.78. The molecule has 0 atom stereocenters. The highest BCUT2D eigenvalue weighted by Crippen LogP contribution is 2.26. The van der Waals surface area contributed by atoms with Crippen LogP contribution in [0.2, 0.25) is 0 Å². The van der Waals surface area contributed by atoms with Crippen LogP contribution >= 0.6 is 0 Å². The van der Waals surface area contributed by atoms with Crippen molar-refractivity contribution in [3.63, 3.8) is 0 Å². The molecule has 0 saturated carbocycles. The second-order valence-electron chi connectivity index (χ2n) is 5.11. The van der Waals surface area contributed by atoms with Crippen molar-refractivity contribution in [1.29, 1.82) is 0 Å². The lowest BCUT2D eigenvalue weighted by Crippen LogP contribution is -2.20. The fourth-order valence-corrected chi connectivity index (χ4v) is 2.31. The van der Waals surface area contributed by atoms with E-state index >= 15 is 0 Å². The average Bonchev–Trinajstić information content (AvgIpc) is 2.55. The molecule has 0 radical (unpaired) electrons. The number of hydrogen-bond acceptors (Lipinski definition) is 4. The van der Waals surface area contributed by atoms with Crippen LogP contribution in [0, 0.1) is 0 Å². The van der Waals surface area contributed by atoms with Crippen molar-refractivity contribution >= 4 is 0 Å². The molecule has 0 aromatic heterocycles. The second kappa shape index (κ2) is 8.29. The van der Waals surface area contributed by atoms with E-state index in [2.05, 4.69) is 17.4 Å². The van der Waals surface area contributed by atoms with Gasteiger partial charge < -0.3 is 19.9 Å². The van der Waals surface area contributed by atoms with E-state index in [1.807, 2.05) is 18.2 Å². The quantitative estimate of drug-likeness (QED) is 0.736. The van der Waals surface area contributed by atoms with Gasteiger partial charge in [-0.05, 0) is 61.3 Å². The molecule has 0 saturated heterocycles. The number of benzene rings is 2. The molecule has 4 nitrogen and oxygen atoms in total. The van der Waals surface area contributed by atoms with Gasteiger partial charge in [-0.1, -0.05) is 18.2 Å². The molecule has 0 amide bonds. The van der Waals surface area contributed by atoms with Gasteiger partial charge >= 0.3 is 0 Å². The van der Waals surface area contributed by atoms with Gasteiger partial charge in [-0.3, -0.25) is 0 Å². The van der Waals surface area contributed by atoms with Gasteiger partial charge in [0.1, 0.15) is 5.75 Å². The van der Waals surface area contributed by atoms with Crippen molar-refractivity contribution in [1.82, 2.24) is 5.32 Å². The molecule has 4 heteroatoms. The highest BCUT2D eigenvalue weighted by molar-refractivity contribution is 5.41. The third-order valence-corrected chi connectivity index (χ3v) is 3.56. The molecule has 118 valence electrons. The van der Waals surface area contributed by atoms with Crippen LogP contribution < -0.4 is 14.8 Å². The zero-order chi connectivity index (χ0) is 15.8. The van der Waals surface area contributed by atoms with Crippen LogP contribution in [0.4, 0.5) is 0 Å². The van der Waals surface area contributed by atoms with Crippen LogP contribution in [0.3, 0.4) is 0 Å². The van der Waals surface area contributed by atoms with E-state index in [0.29, 0.717) is 5.75 Å². The van der Waals surface area contributed by atoms with Gasteiger partial charge in [0, 0.05) is 0 Å². The molecular formula is C18H23NO3. The van der Waals surface area contributed by atoms with Crippen molar-refractivity contribution in [2.24, 2.45) is 0 Å². The van der Waals surface area contributed by atoms with Gasteiger partial charge in [0.05, 0.1) is 14.2 Å². The first kappa shape index (κ1) is 16.2. The van der Waals surface area contributed by atoms with Crippen molar-refractivity contribution in [3.8, 4) is 17.2 Å². The Kier molecular flexibility index (Phi) is 6.10. The Labute approximate surface area is 131 Å². The smallest absolute Gasteiger partial charge is 0.160 e. The normalized spacial score (nSPS) is 10.5. The second-order valence-corrected chi connectivity index (χ2v) is 5.11. The van der Waals surface area contributed by atoms with Gasteiger partial charge in [0.25, 0.3) is 0 Å². The van der Waals surface area contributed by atoms with Crippen LogP contribution in [-0.4, -0.2) is 32.4 Å². The van der Waals surface area contributed by atoms with Crippen LogP contribution in [0.25, 0.3) is 0 Å². The van der Waals surface area contributed by atoms with Crippen LogP contribution in [0.15, 0.2) is 42.5 Å². The molecule has 22 heavy (non-hydrogen) atoms. The summed E-state index contributed by atoms with van der Waals surface area (Å²) in [7, 11) is 3.23. The number of aromatic hydroxyl groups is 1. The molecule has 0 unspecified atom stereocenters. The number of nitrogens with one attached hydrogen (secondary N) is 1. The zero-order valence-corrected chi connectivity index (χ0v) is 13.1. The summed E-state index contributed by atoms with van der Waals surface area (Å²) in [6.07, 6.45) is 1.83. The van der Waals surface area contributed by atoms with E-state index in [9.17, 15) is 5.11 Å². The summed E-state index contributed by atoms with van der Waals surface area (Å²) >= 11 is 0. The van der Waals surface area contributed by atoms with Gasteiger partial charge in [-0.15, -0.1) is 0 Å². The number of ether oxygens (including phenoxy) is 2. The van der Waals surface area contributed by atoms with Crippen molar-refractivity contribution in [2.45, 2.75) is 12.8 Å². The number of phenols is 1. The number of hydrogen-bond donors (Lipinski definition) is 2. The van der Waals surface area contributed by atoms with Gasteiger partial charge in [0.15, 0.2) is 11.5 Å². The molecule has 0 bridgehead atoms. The van der Waals surface area contributed by atoms with Crippen molar-refractivity contribution < 1.29 is 14.6 Å². The minimum atomic E-state index is 0.191. The summed E-state index contributed by atoms with van der Waals surface area (Å²) in [6.45, 7) is 1.78. The van der Waals surface area contributed by atoms with Gasteiger partial charge in [0.2, 0.25) is 0 Å². The Morgan fingerprint density at radius 3 is 2.27 bits per heavy atom. The summed E-state index contributed by atoms with van der Waals surface area (Å²) < 4.78 is 10.3. The molecule has 0 fully saturated rings. The first-order valence-corrected chi connectivity index (χ1v) is 7.42. The summed E-state index contributed by atoms with van der Waals surface area (Å²) in [4.78, 5) is 0. The Morgan fingerprint density at radius 2 is 1.64 bits per heavy atom. The largest absolute Gasteiger partial charge is 0.504 e. The van der Waals surface area contributed by atoms with Crippen LogP contribution in [-0.2, 0) is 12.8 Å². The maximum absolute atomic E-state index is 9.73. The Hall–Kier alpha value is -2.20.